The Morgan fingerprint density at radius 1 is 0.778 bits per heavy atom. The van der Waals surface area contributed by atoms with E-state index in [1.807, 2.05) is 0 Å². The smallest absolute Gasteiger partial charge is 0.184 e. The van der Waals surface area contributed by atoms with E-state index in [2.05, 4.69) is 21.0 Å². The predicted octanol–water partition coefficient (Wildman–Crippen LogP) is 4.76. The van der Waals surface area contributed by atoms with Crippen molar-refractivity contribution in [3.63, 3.8) is 0 Å². The molecule has 0 aliphatic carbocycles. The van der Waals surface area contributed by atoms with Gasteiger partial charge in [-0.3, -0.25) is 0 Å². The number of nitrogens with zero attached hydrogens (tertiary/aromatic N) is 3. The molecule has 0 rings (SSSR count). The normalized spacial score (nSPS) is 12.7. The van der Waals surface area contributed by atoms with Crippen molar-refractivity contribution in [1.29, 1.82) is 10.5 Å². The van der Waals surface area contributed by atoms with Gasteiger partial charge in [0.1, 0.15) is 6.54 Å². The fourth-order valence-corrected chi connectivity index (χ4v) is 3.17. The fraction of sp³-hybridized carbons (Fsp3) is 0.909. The van der Waals surface area contributed by atoms with Crippen molar-refractivity contribution in [2.45, 2.75) is 90.3 Å². The van der Waals surface area contributed by atoms with Crippen molar-refractivity contribution < 1.29 is 14.3 Å². The monoisotopic (exact) mass is 380 g/mol. The molecule has 0 heterocycles. The second-order valence-corrected chi connectivity index (χ2v) is 8.27. The van der Waals surface area contributed by atoms with Gasteiger partial charge in [0.15, 0.2) is 12.2 Å². The first-order valence-electron chi connectivity index (χ1n) is 10.9. The number of unbranched alkanes of at least 4 members (excludes halogenated alkanes) is 11. The Morgan fingerprint density at radius 3 is 1.67 bits per heavy atom. The van der Waals surface area contributed by atoms with Crippen LogP contribution in [0, 0.1) is 28.6 Å². The number of ether oxygens (including phenoxy) is 1. The van der Waals surface area contributed by atoms with Gasteiger partial charge in [-0.15, -0.1) is 0 Å². The number of hydrogen-bond donors (Lipinski definition) is 1. The van der Waals surface area contributed by atoms with Crippen LogP contribution in [0.3, 0.4) is 0 Å². The standard InChI is InChI=1S/C22H42N3O2/c1-4-5-6-7-8-9-10-11-12-13-14-15-16-25(2,3)17-18-27-22(26)21(19-23)20-24/h21-22,26H,4-18H2,1-3H3/q+1. The SMILES string of the molecule is CCCCCCCCCCCCCC[N+](C)(C)CCOC(O)C(C#N)C#N. The van der Waals surface area contributed by atoms with E-state index in [9.17, 15) is 5.11 Å². The Morgan fingerprint density at radius 2 is 1.22 bits per heavy atom. The largest absolute Gasteiger partial charge is 0.366 e. The van der Waals surface area contributed by atoms with Crippen molar-refractivity contribution >= 4 is 0 Å². The minimum atomic E-state index is -1.31. The maximum absolute atomic E-state index is 9.62. The van der Waals surface area contributed by atoms with E-state index in [1.165, 1.54) is 77.0 Å². The molecule has 0 amide bonds. The van der Waals surface area contributed by atoms with Crippen LogP contribution in [0.1, 0.15) is 84.0 Å². The van der Waals surface area contributed by atoms with Gasteiger partial charge in [-0.05, 0) is 12.8 Å². The summed E-state index contributed by atoms with van der Waals surface area (Å²) in [6.07, 6.45) is 14.9. The summed E-state index contributed by atoms with van der Waals surface area (Å²) in [7, 11) is 4.31. The molecule has 0 spiro atoms. The van der Waals surface area contributed by atoms with Crippen molar-refractivity contribution in [2.24, 2.45) is 5.92 Å². The number of hydrogen-bond acceptors (Lipinski definition) is 4. The Balaban J connectivity index is 3.55. The molecule has 5 heteroatoms. The Bertz CT molecular complexity index is 412. The van der Waals surface area contributed by atoms with Gasteiger partial charge in [-0.2, -0.15) is 10.5 Å². The average molecular weight is 381 g/mol. The lowest BCUT2D eigenvalue weighted by Gasteiger charge is -2.30. The van der Waals surface area contributed by atoms with Crippen LogP contribution < -0.4 is 0 Å². The summed E-state index contributed by atoms with van der Waals surface area (Å²) in [5, 5.41) is 27.1. The summed E-state index contributed by atoms with van der Waals surface area (Å²) < 4.78 is 6.06. The lowest BCUT2D eigenvalue weighted by atomic mass is 10.1. The highest BCUT2D eigenvalue weighted by atomic mass is 16.6. The molecule has 0 fully saturated rings. The summed E-state index contributed by atoms with van der Waals surface area (Å²) in [6, 6.07) is 3.47. The molecule has 5 nitrogen and oxygen atoms in total. The maximum Gasteiger partial charge on any atom is 0.184 e. The molecular formula is C22H42N3O2+. The lowest BCUT2D eigenvalue weighted by Crippen LogP contribution is -2.43. The number of aliphatic hydroxyl groups excluding tert-OH is 1. The van der Waals surface area contributed by atoms with Crippen molar-refractivity contribution in [3.8, 4) is 12.1 Å². The highest BCUT2D eigenvalue weighted by Gasteiger charge is 2.21. The average Bonchev–Trinajstić information content (AvgIpc) is 2.63. The third-order valence-corrected chi connectivity index (χ3v) is 5.17. The Kier molecular flexibility index (Phi) is 16.3. The summed E-state index contributed by atoms with van der Waals surface area (Å²) in [6.45, 7) is 4.46. The van der Waals surface area contributed by atoms with Crippen LogP contribution in [0.15, 0.2) is 0 Å². The molecule has 0 aromatic carbocycles. The second kappa shape index (κ2) is 17.0. The zero-order valence-electron chi connectivity index (χ0n) is 18.0. The van der Waals surface area contributed by atoms with E-state index in [0.717, 1.165) is 17.6 Å². The van der Waals surface area contributed by atoms with Gasteiger partial charge >= 0.3 is 0 Å². The number of quaternary nitrogens is 1. The van der Waals surface area contributed by atoms with Crippen LogP contribution in [0.5, 0.6) is 0 Å². The van der Waals surface area contributed by atoms with E-state index in [-0.39, 0.29) is 0 Å². The first-order valence-corrected chi connectivity index (χ1v) is 10.9. The molecule has 0 saturated heterocycles. The predicted molar refractivity (Wildman–Crippen MR) is 110 cm³/mol. The molecule has 0 radical (unpaired) electrons. The fourth-order valence-electron chi connectivity index (χ4n) is 3.17. The number of aliphatic hydroxyl groups is 1. The van der Waals surface area contributed by atoms with Gasteiger partial charge in [0, 0.05) is 0 Å². The molecular weight excluding hydrogens is 338 g/mol. The minimum absolute atomic E-state index is 0.353. The molecule has 0 aliphatic heterocycles. The van der Waals surface area contributed by atoms with Crippen molar-refractivity contribution in [2.75, 3.05) is 33.8 Å². The van der Waals surface area contributed by atoms with Crippen LogP contribution in [-0.2, 0) is 4.74 Å². The van der Waals surface area contributed by atoms with Crippen LogP contribution in [0.25, 0.3) is 0 Å². The van der Waals surface area contributed by atoms with E-state index in [4.69, 9.17) is 15.3 Å². The lowest BCUT2D eigenvalue weighted by molar-refractivity contribution is -0.891. The van der Waals surface area contributed by atoms with Gasteiger partial charge in [-0.1, -0.05) is 71.1 Å². The first kappa shape index (κ1) is 25.9. The van der Waals surface area contributed by atoms with Gasteiger partial charge in [0.05, 0.1) is 39.4 Å². The Hall–Kier alpha value is -1.14. The molecule has 0 bridgehead atoms. The number of likely N-dealkylation sites (N-methyl/N-ethyl adjacent to an activating group) is 1. The van der Waals surface area contributed by atoms with Gasteiger partial charge < -0.3 is 14.3 Å². The van der Waals surface area contributed by atoms with Crippen LogP contribution in [-0.4, -0.2) is 49.7 Å². The molecule has 1 N–H and O–H groups in total. The van der Waals surface area contributed by atoms with E-state index in [1.54, 1.807) is 12.1 Å². The van der Waals surface area contributed by atoms with Crippen LogP contribution in [0.2, 0.25) is 0 Å². The molecule has 0 saturated carbocycles. The van der Waals surface area contributed by atoms with Crippen LogP contribution in [0.4, 0.5) is 0 Å². The third kappa shape index (κ3) is 15.6. The molecule has 0 aromatic heterocycles. The summed E-state index contributed by atoms with van der Waals surface area (Å²) in [5.74, 6) is -1.11. The summed E-state index contributed by atoms with van der Waals surface area (Å²) in [5.41, 5.74) is 0. The van der Waals surface area contributed by atoms with Crippen molar-refractivity contribution in [1.82, 2.24) is 0 Å². The zero-order valence-corrected chi connectivity index (χ0v) is 18.0. The highest BCUT2D eigenvalue weighted by molar-refractivity contribution is 5.00. The molecule has 0 aromatic rings. The van der Waals surface area contributed by atoms with E-state index in [0.29, 0.717) is 6.61 Å². The third-order valence-electron chi connectivity index (χ3n) is 5.17. The summed E-state index contributed by atoms with van der Waals surface area (Å²) >= 11 is 0. The van der Waals surface area contributed by atoms with E-state index >= 15 is 0 Å². The minimum Gasteiger partial charge on any atom is -0.366 e. The Labute approximate surface area is 167 Å². The van der Waals surface area contributed by atoms with Gasteiger partial charge in [0.2, 0.25) is 0 Å². The molecule has 0 aliphatic rings. The molecule has 1 atom stereocenters. The van der Waals surface area contributed by atoms with Crippen molar-refractivity contribution in [3.05, 3.63) is 0 Å². The van der Waals surface area contributed by atoms with Crippen LogP contribution >= 0.6 is 0 Å². The topological polar surface area (TPSA) is 77.0 Å². The van der Waals surface area contributed by atoms with E-state index < -0.39 is 12.2 Å². The number of nitriles is 2. The highest BCUT2D eigenvalue weighted by Crippen LogP contribution is 2.13. The molecule has 27 heavy (non-hydrogen) atoms. The number of rotatable bonds is 18. The second-order valence-electron chi connectivity index (χ2n) is 8.27. The maximum atomic E-state index is 9.62. The van der Waals surface area contributed by atoms with Gasteiger partial charge in [0.25, 0.3) is 0 Å². The molecule has 1 unspecified atom stereocenters. The van der Waals surface area contributed by atoms with Gasteiger partial charge in [-0.25, -0.2) is 0 Å². The summed E-state index contributed by atoms with van der Waals surface area (Å²) in [4.78, 5) is 0. The zero-order chi connectivity index (χ0) is 20.4. The first-order chi connectivity index (χ1) is 13.0. The molecule has 156 valence electrons. The quantitative estimate of drug-likeness (QED) is 0.211.